The van der Waals surface area contributed by atoms with E-state index in [1.807, 2.05) is 13.1 Å². The maximum absolute atomic E-state index is 12.5. The van der Waals surface area contributed by atoms with Crippen LogP contribution in [0.3, 0.4) is 0 Å². The Kier molecular flexibility index (Phi) is 4.83. The minimum Gasteiger partial charge on any atom is -0.316 e. The molecular formula is C15H24N2O2S. The van der Waals surface area contributed by atoms with Crippen LogP contribution in [-0.4, -0.2) is 21.5 Å². The van der Waals surface area contributed by atoms with Gasteiger partial charge in [0, 0.05) is 12.6 Å². The zero-order valence-electron chi connectivity index (χ0n) is 12.4. The Bertz CT molecular complexity index is 557. The smallest absolute Gasteiger partial charge is 0.240 e. The van der Waals surface area contributed by atoms with E-state index < -0.39 is 10.0 Å². The van der Waals surface area contributed by atoms with Crippen LogP contribution in [0.5, 0.6) is 0 Å². The highest BCUT2D eigenvalue weighted by molar-refractivity contribution is 7.89. The van der Waals surface area contributed by atoms with Crippen molar-refractivity contribution in [3.63, 3.8) is 0 Å². The second kappa shape index (κ2) is 6.24. The van der Waals surface area contributed by atoms with Gasteiger partial charge >= 0.3 is 0 Å². The van der Waals surface area contributed by atoms with Gasteiger partial charge in [-0.25, -0.2) is 13.1 Å². The fourth-order valence-corrected chi connectivity index (χ4v) is 4.26. The topological polar surface area (TPSA) is 58.2 Å². The quantitative estimate of drug-likeness (QED) is 0.875. The van der Waals surface area contributed by atoms with Gasteiger partial charge in [0.1, 0.15) is 0 Å². The van der Waals surface area contributed by atoms with Crippen LogP contribution in [0.4, 0.5) is 0 Å². The number of benzene rings is 1. The summed E-state index contributed by atoms with van der Waals surface area (Å²) in [5.41, 5.74) is 0.975. The van der Waals surface area contributed by atoms with E-state index in [0.717, 1.165) is 18.4 Å². The number of rotatable bonds is 5. The van der Waals surface area contributed by atoms with E-state index in [-0.39, 0.29) is 6.04 Å². The summed E-state index contributed by atoms with van der Waals surface area (Å²) in [7, 11) is -1.57. The molecule has 1 aromatic rings. The lowest BCUT2D eigenvalue weighted by molar-refractivity contribution is 0.402. The van der Waals surface area contributed by atoms with E-state index in [1.54, 1.807) is 18.2 Å². The average molecular weight is 296 g/mol. The van der Waals surface area contributed by atoms with Gasteiger partial charge in [-0.2, -0.15) is 0 Å². The number of sulfonamides is 1. The SMILES string of the molecule is CNCc1cccc(S(=O)(=O)NC2CCC(C)C2C)c1. The van der Waals surface area contributed by atoms with Gasteiger partial charge in [-0.05, 0) is 49.4 Å². The van der Waals surface area contributed by atoms with Crippen LogP contribution in [0, 0.1) is 11.8 Å². The van der Waals surface area contributed by atoms with Crippen molar-refractivity contribution < 1.29 is 8.42 Å². The molecule has 0 saturated heterocycles. The first-order chi connectivity index (χ1) is 9.44. The van der Waals surface area contributed by atoms with Crippen molar-refractivity contribution in [1.29, 1.82) is 0 Å². The lowest BCUT2D eigenvalue weighted by Gasteiger charge is -2.19. The van der Waals surface area contributed by atoms with Crippen molar-refractivity contribution >= 4 is 10.0 Å². The van der Waals surface area contributed by atoms with Crippen LogP contribution in [0.2, 0.25) is 0 Å². The van der Waals surface area contributed by atoms with Crippen molar-refractivity contribution in [2.75, 3.05) is 7.05 Å². The number of hydrogen-bond acceptors (Lipinski definition) is 3. The summed E-state index contributed by atoms with van der Waals surface area (Å²) >= 11 is 0. The summed E-state index contributed by atoms with van der Waals surface area (Å²) in [6.07, 6.45) is 2.02. The third-order valence-electron chi connectivity index (χ3n) is 4.36. The van der Waals surface area contributed by atoms with Gasteiger partial charge in [-0.15, -0.1) is 0 Å². The molecule has 2 N–H and O–H groups in total. The Morgan fingerprint density at radius 1 is 1.25 bits per heavy atom. The zero-order valence-corrected chi connectivity index (χ0v) is 13.2. The Balaban J connectivity index is 2.16. The van der Waals surface area contributed by atoms with Crippen LogP contribution in [0.1, 0.15) is 32.3 Å². The molecule has 1 aliphatic carbocycles. The molecule has 0 bridgehead atoms. The first-order valence-electron chi connectivity index (χ1n) is 7.20. The molecule has 2 rings (SSSR count). The van der Waals surface area contributed by atoms with E-state index in [1.165, 1.54) is 0 Å². The van der Waals surface area contributed by atoms with Gasteiger partial charge in [-0.3, -0.25) is 0 Å². The van der Waals surface area contributed by atoms with E-state index >= 15 is 0 Å². The fourth-order valence-electron chi connectivity index (χ4n) is 2.83. The fraction of sp³-hybridized carbons (Fsp3) is 0.600. The van der Waals surface area contributed by atoms with E-state index in [0.29, 0.717) is 23.3 Å². The third kappa shape index (κ3) is 3.40. The molecule has 0 radical (unpaired) electrons. The average Bonchev–Trinajstić information content (AvgIpc) is 2.71. The molecule has 0 heterocycles. The summed E-state index contributed by atoms with van der Waals surface area (Å²) in [6, 6.07) is 7.17. The van der Waals surface area contributed by atoms with Crippen LogP contribution in [0.25, 0.3) is 0 Å². The van der Waals surface area contributed by atoms with Crippen LogP contribution >= 0.6 is 0 Å². The summed E-state index contributed by atoms with van der Waals surface area (Å²) < 4.78 is 27.8. The minimum atomic E-state index is -3.42. The lowest BCUT2D eigenvalue weighted by Crippen LogP contribution is -2.37. The van der Waals surface area contributed by atoms with Crippen molar-refractivity contribution in [2.24, 2.45) is 11.8 Å². The van der Waals surface area contributed by atoms with Gasteiger partial charge in [0.25, 0.3) is 0 Å². The van der Waals surface area contributed by atoms with Gasteiger partial charge in [0.05, 0.1) is 4.90 Å². The van der Waals surface area contributed by atoms with Crippen LogP contribution in [-0.2, 0) is 16.6 Å². The minimum absolute atomic E-state index is 0.0583. The molecule has 4 nitrogen and oxygen atoms in total. The molecule has 1 aliphatic rings. The summed E-state index contributed by atoms with van der Waals surface area (Å²) in [4.78, 5) is 0.358. The summed E-state index contributed by atoms with van der Waals surface area (Å²) in [5.74, 6) is 0.976. The highest BCUT2D eigenvalue weighted by Gasteiger charge is 2.32. The van der Waals surface area contributed by atoms with Gasteiger partial charge in [-0.1, -0.05) is 26.0 Å². The molecule has 0 spiro atoms. The molecule has 3 unspecified atom stereocenters. The maximum atomic E-state index is 12.5. The predicted molar refractivity (Wildman–Crippen MR) is 80.9 cm³/mol. The number of hydrogen-bond donors (Lipinski definition) is 2. The summed E-state index contributed by atoms with van der Waals surface area (Å²) in [6.45, 7) is 4.98. The van der Waals surface area contributed by atoms with E-state index in [9.17, 15) is 8.42 Å². The summed E-state index contributed by atoms with van der Waals surface area (Å²) in [5, 5.41) is 3.03. The molecular weight excluding hydrogens is 272 g/mol. The molecule has 0 aliphatic heterocycles. The van der Waals surface area contributed by atoms with Gasteiger partial charge < -0.3 is 5.32 Å². The number of nitrogens with one attached hydrogen (secondary N) is 2. The van der Waals surface area contributed by atoms with Crippen LogP contribution < -0.4 is 10.0 Å². The Labute approximate surface area is 122 Å². The lowest BCUT2D eigenvalue weighted by atomic mass is 9.98. The second-order valence-corrected chi connectivity index (χ2v) is 7.53. The molecule has 0 amide bonds. The molecule has 3 atom stereocenters. The zero-order chi connectivity index (χ0) is 14.8. The Morgan fingerprint density at radius 2 is 2.00 bits per heavy atom. The standard InChI is InChI=1S/C15H24N2O2S/c1-11-7-8-15(12(11)2)17-20(18,19)14-6-4-5-13(9-14)10-16-3/h4-6,9,11-12,15-17H,7-8,10H2,1-3H3. The third-order valence-corrected chi connectivity index (χ3v) is 5.85. The van der Waals surface area contributed by atoms with Crippen molar-refractivity contribution in [1.82, 2.24) is 10.0 Å². The molecule has 5 heteroatoms. The first kappa shape index (κ1) is 15.5. The molecule has 1 fully saturated rings. The van der Waals surface area contributed by atoms with Crippen molar-refractivity contribution in [3.05, 3.63) is 29.8 Å². The van der Waals surface area contributed by atoms with Crippen molar-refractivity contribution in [3.8, 4) is 0 Å². The largest absolute Gasteiger partial charge is 0.316 e. The monoisotopic (exact) mass is 296 g/mol. The normalized spacial score (nSPS) is 26.9. The van der Waals surface area contributed by atoms with Crippen LogP contribution in [0.15, 0.2) is 29.2 Å². The molecule has 1 aromatic carbocycles. The molecule has 1 saturated carbocycles. The van der Waals surface area contributed by atoms with Gasteiger partial charge in [0.2, 0.25) is 10.0 Å². The second-order valence-electron chi connectivity index (χ2n) is 5.82. The highest BCUT2D eigenvalue weighted by Crippen LogP contribution is 2.32. The predicted octanol–water partition coefficient (Wildman–Crippen LogP) is 2.12. The first-order valence-corrected chi connectivity index (χ1v) is 8.68. The highest BCUT2D eigenvalue weighted by atomic mass is 32.2. The van der Waals surface area contributed by atoms with Crippen molar-refractivity contribution in [2.45, 2.75) is 44.2 Å². The Morgan fingerprint density at radius 3 is 2.60 bits per heavy atom. The molecule has 0 aromatic heterocycles. The van der Waals surface area contributed by atoms with E-state index in [4.69, 9.17) is 0 Å². The maximum Gasteiger partial charge on any atom is 0.240 e. The van der Waals surface area contributed by atoms with E-state index in [2.05, 4.69) is 23.9 Å². The Hall–Kier alpha value is -0.910. The molecule has 20 heavy (non-hydrogen) atoms. The van der Waals surface area contributed by atoms with Gasteiger partial charge in [0.15, 0.2) is 0 Å². The molecule has 112 valence electrons.